The lowest BCUT2D eigenvalue weighted by atomic mass is 10.1. The average molecular weight is 266 g/mol. The van der Waals surface area contributed by atoms with Crippen molar-refractivity contribution in [2.45, 2.75) is 6.43 Å². The van der Waals surface area contributed by atoms with Gasteiger partial charge in [0, 0.05) is 12.5 Å². The Hall–Kier alpha value is -2.04. The number of alkyl halides is 2. The van der Waals surface area contributed by atoms with Crippen LogP contribution in [0.5, 0.6) is 5.88 Å². The van der Waals surface area contributed by atoms with Gasteiger partial charge in [-0.3, -0.25) is 0 Å². The lowest BCUT2D eigenvalue weighted by Crippen LogP contribution is -1.96. The first kappa shape index (κ1) is 13.4. The van der Waals surface area contributed by atoms with Gasteiger partial charge in [0.2, 0.25) is 5.88 Å². The SMILES string of the molecule is COc1cccc([CH]c2ccc(F)c(C(F)F)c2)n1. The van der Waals surface area contributed by atoms with Gasteiger partial charge in [0.25, 0.3) is 6.43 Å². The maximum absolute atomic E-state index is 13.1. The van der Waals surface area contributed by atoms with Crippen LogP contribution in [0.3, 0.4) is 0 Å². The highest BCUT2D eigenvalue weighted by Gasteiger charge is 2.14. The largest absolute Gasteiger partial charge is 0.481 e. The van der Waals surface area contributed by atoms with E-state index in [1.807, 2.05) is 0 Å². The van der Waals surface area contributed by atoms with Crippen molar-refractivity contribution in [3.05, 3.63) is 65.5 Å². The molecule has 0 bridgehead atoms. The second-order valence-corrected chi connectivity index (χ2v) is 3.83. The van der Waals surface area contributed by atoms with E-state index < -0.39 is 17.8 Å². The Kier molecular flexibility index (Phi) is 4.04. The molecule has 5 heteroatoms. The topological polar surface area (TPSA) is 22.1 Å². The van der Waals surface area contributed by atoms with Crippen LogP contribution >= 0.6 is 0 Å². The van der Waals surface area contributed by atoms with Crippen LogP contribution in [0.15, 0.2) is 36.4 Å². The number of ether oxygens (including phenoxy) is 1. The molecule has 0 fully saturated rings. The number of rotatable bonds is 4. The van der Waals surface area contributed by atoms with Gasteiger partial charge >= 0.3 is 0 Å². The maximum atomic E-state index is 13.1. The number of hydrogen-bond acceptors (Lipinski definition) is 2. The highest BCUT2D eigenvalue weighted by molar-refractivity contribution is 5.37. The highest BCUT2D eigenvalue weighted by Crippen LogP contribution is 2.24. The molecule has 0 amide bonds. The molecule has 1 aromatic carbocycles. The third kappa shape index (κ3) is 3.24. The molecule has 0 spiro atoms. The summed E-state index contributed by atoms with van der Waals surface area (Å²) in [6, 6.07) is 8.66. The molecule has 0 unspecified atom stereocenters. The number of halogens is 3. The van der Waals surface area contributed by atoms with E-state index >= 15 is 0 Å². The minimum Gasteiger partial charge on any atom is -0.481 e. The zero-order valence-electron chi connectivity index (χ0n) is 10.1. The van der Waals surface area contributed by atoms with Crippen molar-refractivity contribution in [3.63, 3.8) is 0 Å². The summed E-state index contributed by atoms with van der Waals surface area (Å²) >= 11 is 0. The molecule has 0 saturated heterocycles. The van der Waals surface area contributed by atoms with E-state index in [-0.39, 0.29) is 0 Å². The van der Waals surface area contributed by atoms with Crippen molar-refractivity contribution in [1.29, 1.82) is 0 Å². The molecule has 2 nitrogen and oxygen atoms in total. The summed E-state index contributed by atoms with van der Waals surface area (Å²) in [5, 5.41) is 0. The molecule has 1 aromatic heterocycles. The molecule has 0 N–H and O–H groups in total. The van der Waals surface area contributed by atoms with Crippen molar-refractivity contribution in [2.24, 2.45) is 0 Å². The number of nitrogens with zero attached hydrogens (tertiary/aromatic N) is 1. The maximum Gasteiger partial charge on any atom is 0.266 e. The molecule has 0 aliphatic rings. The first-order valence-electron chi connectivity index (χ1n) is 5.53. The minimum atomic E-state index is -2.84. The van der Waals surface area contributed by atoms with Gasteiger partial charge in [-0.1, -0.05) is 12.1 Å². The van der Waals surface area contributed by atoms with E-state index in [0.717, 1.165) is 12.1 Å². The highest BCUT2D eigenvalue weighted by atomic mass is 19.3. The lowest BCUT2D eigenvalue weighted by molar-refractivity contribution is 0.146. The Morgan fingerprint density at radius 1 is 1.21 bits per heavy atom. The second kappa shape index (κ2) is 5.73. The lowest BCUT2D eigenvalue weighted by Gasteiger charge is -2.06. The van der Waals surface area contributed by atoms with Gasteiger partial charge in [0.1, 0.15) is 5.82 Å². The monoisotopic (exact) mass is 266 g/mol. The molecule has 0 aliphatic heterocycles. The quantitative estimate of drug-likeness (QED) is 0.840. The predicted octanol–water partition coefficient (Wildman–Crippen LogP) is 3.77. The van der Waals surface area contributed by atoms with Crippen LogP contribution in [0.25, 0.3) is 0 Å². The summed E-state index contributed by atoms with van der Waals surface area (Å²) in [6.45, 7) is 0. The van der Waals surface area contributed by atoms with Crippen molar-refractivity contribution in [2.75, 3.05) is 7.11 Å². The van der Waals surface area contributed by atoms with Crippen molar-refractivity contribution in [3.8, 4) is 5.88 Å². The van der Waals surface area contributed by atoms with E-state index in [1.165, 1.54) is 13.2 Å². The third-order valence-electron chi connectivity index (χ3n) is 2.52. The molecule has 2 rings (SSSR count). The first-order valence-corrected chi connectivity index (χ1v) is 5.53. The van der Waals surface area contributed by atoms with Crippen molar-refractivity contribution >= 4 is 0 Å². The van der Waals surface area contributed by atoms with Crippen molar-refractivity contribution in [1.82, 2.24) is 4.98 Å². The number of pyridine rings is 1. The van der Waals surface area contributed by atoms with Gasteiger partial charge in [0.15, 0.2) is 0 Å². The van der Waals surface area contributed by atoms with Gasteiger partial charge in [-0.25, -0.2) is 18.2 Å². The van der Waals surface area contributed by atoms with E-state index in [2.05, 4.69) is 4.98 Å². The molecule has 19 heavy (non-hydrogen) atoms. The number of benzene rings is 1. The summed E-state index contributed by atoms with van der Waals surface area (Å²) in [6.07, 6.45) is -1.26. The summed E-state index contributed by atoms with van der Waals surface area (Å²) in [5.74, 6) is -0.490. The minimum absolute atomic E-state index is 0.421. The van der Waals surface area contributed by atoms with Crippen LogP contribution in [0.1, 0.15) is 23.2 Å². The molecule has 2 aromatic rings. The zero-order chi connectivity index (χ0) is 13.8. The van der Waals surface area contributed by atoms with E-state index in [9.17, 15) is 13.2 Å². The van der Waals surface area contributed by atoms with Gasteiger partial charge in [0.05, 0.1) is 18.4 Å². The Morgan fingerprint density at radius 2 is 2.00 bits per heavy atom. The Bertz CT molecular complexity index is 572. The molecular weight excluding hydrogens is 255 g/mol. The molecule has 0 saturated carbocycles. The fourth-order valence-corrected chi connectivity index (χ4v) is 1.61. The van der Waals surface area contributed by atoms with Crippen LogP contribution in [-0.4, -0.2) is 12.1 Å². The first-order chi connectivity index (χ1) is 9.10. The molecular formula is C14H11F3NO. The standard InChI is InChI=1S/C14H11F3NO/c1-19-13-4-2-3-10(18-13)7-9-5-6-12(15)11(8-9)14(16)17/h2-8,14H,1H3. The summed E-state index contributed by atoms with van der Waals surface area (Å²) in [5.41, 5.74) is 0.389. The molecule has 99 valence electrons. The molecule has 0 atom stereocenters. The fourth-order valence-electron chi connectivity index (χ4n) is 1.61. The second-order valence-electron chi connectivity index (χ2n) is 3.83. The van der Waals surface area contributed by atoms with E-state index in [0.29, 0.717) is 17.1 Å². The zero-order valence-corrected chi connectivity index (χ0v) is 10.1. The van der Waals surface area contributed by atoms with E-state index in [4.69, 9.17) is 4.74 Å². The molecule has 1 heterocycles. The molecule has 0 aliphatic carbocycles. The summed E-state index contributed by atoms with van der Waals surface area (Å²) in [7, 11) is 1.49. The summed E-state index contributed by atoms with van der Waals surface area (Å²) < 4.78 is 43.3. The van der Waals surface area contributed by atoms with Gasteiger partial charge in [-0.15, -0.1) is 0 Å². The van der Waals surface area contributed by atoms with Gasteiger partial charge < -0.3 is 4.74 Å². The van der Waals surface area contributed by atoms with E-state index in [1.54, 1.807) is 24.6 Å². The Morgan fingerprint density at radius 3 is 2.68 bits per heavy atom. The normalized spacial score (nSPS) is 10.8. The van der Waals surface area contributed by atoms with Crippen LogP contribution < -0.4 is 4.74 Å². The summed E-state index contributed by atoms with van der Waals surface area (Å²) in [4.78, 5) is 4.12. The van der Waals surface area contributed by atoms with Crippen LogP contribution in [0.4, 0.5) is 13.2 Å². The van der Waals surface area contributed by atoms with Crippen molar-refractivity contribution < 1.29 is 17.9 Å². The molecule has 1 radical (unpaired) electrons. The third-order valence-corrected chi connectivity index (χ3v) is 2.52. The van der Waals surface area contributed by atoms with Gasteiger partial charge in [-0.05, 0) is 23.8 Å². The fraction of sp³-hybridized carbons (Fsp3) is 0.143. The number of aromatic nitrogens is 1. The van der Waals surface area contributed by atoms with Crippen LogP contribution in [-0.2, 0) is 0 Å². The van der Waals surface area contributed by atoms with Gasteiger partial charge in [-0.2, -0.15) is 0 Å². The number of methoxy groups -OCH3 is 1. The predicted molar refractivity (Wildman–Crippen MR) is 64.7 cm³/mol. The smallest absolute Gasteiger partial charge is 0.266 e. The average Bonchev–Trinajstić information content (AvgIpc) is 2.41. The van der Waals surface area contributed by atoms with Crippen LogP contribution in [0.2, 0.25) is 0 Å². The van der Waals surface area contributed by atoms with Crippen LogP contribution in [0, 0.1) is 12.2 Å². The Balaban J connectivity index is 2.25. The number of hydrogen-bond donors (Lipinski definition) is 0. The Labute approximate surface area is 108 Å².